The Bertz CT molecular complexity index is 1610. The molecule has 212 valence electrons. The van der Waals surface area contributed by atoms with Gasteiger partial charge in [0, 0.05) is 31.3 Å². The smallest absolute Gasteiger partial charge is 0.174 e. The van der Waals surface area contributed by atoms with E-state index in [0.717, 1.165) is 31.2 Å². The number of nitrogens with two attached hydrogens (primary N) is 1. The Morgan fingerprint density at radius 2 is 1.88 bits per heavy atom. The van der Waals surface area contributed by atoms with Crippen LogP contribution in [0.25, 0.3) is 10.8 Å². The number of nitrogens with zero attached hydrogens (tertiary/aromatic N) is 2. The van der Waals surface area contributed by atoms with Gasteiger partial charge in [-0.15, -0.1) is 0 Å². The Balaban J connectivity index is 1.57. The molecule has 0 amide bonds. The van der Waals surface area contributed by atoms with Gasteiger partial charge in [0.25, 0.3) is 0 Å². The molecule has 8 heteroatoms. The molecule has 3 aromatic rings. The summed E-state index contributed by atoms with van der Waals surface area (Å²) < 4.78 is 18.3. The largest absolute Gasteiger partial charge is 0.493 e. The van der Waals surface area contributed by atoms with E-state index in [9.17, 15) is 10.1 Å². The van der Waals surface area contributed by atoms with Gasteiger partial charge >= 0.3 is 0 Å². The number of ketones is 1. The average molecular weight is 664 g/mol. The fraction of sp³-hybridized carbons (Fsp3) is 0.333. The second-order valence-electron chi connectivity index (χ2n) is 11.3. The van der Waals surface area contributed by atoms with E-state index < -0.39 is 5.92 Å². The highest BCUT2D eigenvalue weighted by Gasteiger charge is 2.44. The zero-order valence-electron chi connectivity index (χ0n) is 23.8. The first-order chi connectivity index (χ1) is 19.7. The van der Waals surface area contributed by atoms with Crippen molar-refractivity contribution in [1.29, 1.82) is 5.26 Å². The number of ether oxygens (including phenoxy) is 3. The fourth-order valence-electron chi connectivity index (χ4n) is 5.96. The minimum Gasteiger partial charge on any atom is -0.493 e. The van der Waals surface area contributed by atoms with Crippen LogP contribution in [-0.2, 0) is 16.1 Å². The number of Topliss-reactive ketones (excluding diaryl/α,β-unsaturated/α-hetero) is 1. The molecule has 0 radical (unpaired) electrons. The van der Waals surface area contributed by atoms with Crippen molar-refractivity contribution in [1.82, 2.24) is 4.90 Å². The van der Waals surface area contributed by atoms with E-state index >= 15 is 0 Å². The Kier molecular flexibility index (Phi) is 8.30. The highest BCUT2D eigenvalue weighted by atomic mass is 127. The standard InChI is InChI=1S/C33H34IN3O4/c1-33(2)16-26-30(27(38)17-33)29(24(18-35)32(36)37(26)12-13-39-3)22-14-25(34)31(28(15-22)40-4)41-19-21-10-7-9-20-8-5-6-11-23(20)21/h5-11,14-15,29H,12-13,16-17,19,36H2,1-4H3/t29-/m1/s1. The van der Waals surface area contributed by atoms with Crippen LogP contribution >= 0.6 is 22.6 Å². The maximum atomic E-state index is 13.7. The number of allylic oxidation sites excluding steroid dienone is 3. The number of halogens is 1. The monoisotopic (exact) mass is 663 g/mol. The summed E-state index contributed by atoms with van der Waals surface area (Å²) in [5.41, 5.74) is 10.1. The van der Waals surface area contributed by atoms with Gasteiger partial charge in [-0.1, -0.05) is 56.3 Å². The number of hydrogen-bond donors (Lipinski definition) is 1. The van der Waals surface area contributed by atoms with Crippen LogP contribution in [0, 0.1) is 20.3 Å². The van der Waals surface area contributed by atoms with Crippen molar-refractivity contribution >= 4 is 39.1 Å². The predicted octanol–water partition coefficient (Wildman–Crippen LogP) is 6.41. The summed E-state index contributed by atoms with van der Waals surface area (Å²) in [7, 11) is 3.23. The molecule has 0 bridgehead atoms. The second-order valence-corrected chi connectivity index (χ2v) is 12.4. The molecule has 2 N–H and O–H groups in total. The van der Waals surface area contributed by atoms with Crippen molar-refractivity contribution in [2.24, 2.45) is 11.1 Å². The number of hydrogen-bond acceptors (Lipinski definition) is 7. The van der Waals surface area contributed by atoms with Gasteiger partial charge in [0.2, 0.25) is 0 Å². The molecule has 0 fully saturated rings. The third kappa shape index (κ3) is 5.53. The highest BCUT2D eigenvalue weighted by molar-refractivity contribution is 14.1. The number of carbonyl (C=O) groups excluding carboxylic acids is 1. The van der Waals surface area contributed by atoms with Crippen LogP contribution in [0.4, 0.5) is 0 Å². The molecule has 1 aliphatic carbocycles. The zero-order valence-corrected chi connectivity index (χ0v) is 25.9. The Morgan fingerprint density at radius 1 is 1.12 bits per heavy atom. The van der Waals surface area contributed by atoms with Crippen molar-refractivity contribution in [2.45, 2.75) is 39.2 Å². The van der Waals surface area contributed by atoms with Crippen molar-refractivity contribution in [2.75, 3.05) is 27.4 Å². The molecule has 1 atom stereocenters. The van der Waals surface area contributed by atoms with Gasteiger partial charge in [-0.2, -0.15) is 5.26 Å². The number of methoxy groups -OCH3 is 2. The van der Waals surface area contributed by atoms with Crippen LogP contribution in [-0.4, -0.2) is 38.1 Å². The normalized spacial score (nSPS) is 18.4. The van der Waals surface area contributed by atoms with E-state index in [1.54, 1.807) is 14.2 Å². The summed E-state index contributed by atoms with van der Waals surface area (Å²) in [6, 6.07) is 20.6. The minimum absolute atomic E-state index is 0.0363. The van der Waals surface area contributed by atoms with Gasteiger partial charge in [-0.05, 0) is 68.5 Å². The van der Waals surface area contributed by atoms with Gasteiger partial charge in [0.15, 0.2) is 17.3 Å². The zero-order chi connectivity index (χ0) is 29.3. The molecule has 1 heterocycles. The molecule has 7 nitrogen and oxygen atoms in total. The SMILES string of the molecule is COCCN1C(N)=C(C#N)[C@@H](c2cc(I)c(OCc3cccc4ccccc34)c(OC)c2)C2=C1CC(C)(C)CC2=O. The van der Waals surface area contributed by atoms with Crippen molar-refractivity contribution in [3.05, 3.63) is 92.0 Å². The molecule has 0 aromatic heterocycles. The first kappa shape index (κ1) is 29.0. The maximum Gasteiger partial charge on any atom is 0.174 e. The lowest BCUT2D eigenvalue weighted by Gasteiger charge is -2.43. The average Bonchev–Trinajstić information content (AvgIpc) is 2.94. The topological polar surface area (TPSA) is 97.8 Å². The quantitative estimate of drug-likeness (QED) is 0.278. The van der Waals surface area contributed by atoms with E-state index in [2.05, 4.69) is 66.8 Å². The number of benzene rings is 3. The summed E-state index contributed by atoms with van der Waals surface area (Å²) in [4.78, 5) is 15.6. The number of fused-ring (bicyclic) bond motifs is 1. The first-order valence-electron chi connectivity index (χ1n) is 13.6. The molecule has 0 unspecified atom stereocenters. The number of carbonyl (C=O) groups is 1. The van der Waals surface area contributed by atoms with Gasteiger partial charge in [-0.25, -0.2) is 0 Å². The maximum absolute atomic E-state index is 13.7. The van der Waals surface area contributed by atoms with E-state index in [-0.39, 0.29) is 11.2 Å². The van der Waals surface area contributed by atoms with Gasteiger partial charge < -0.3 is 24.8 Å². The van der Waals surface area contributed by atoms with Gasteiger partial charge in [-0.3, -0.25) is 4.79 Å². The number of nitriles is 1. The lowest BCUT2D eigenvalue weighted by Crippen LogP contribution is -2.43. The molecule has 41 heavy (non-hydrogen) atoms. The van der Waals surface area contributed by atoms with Gasteiger partial charge in [0.05, 0.1) is 34.8 Å². The number of rotatable bonds is 8. The minimum atomic E-state index is -0.591. The predicted molar refractivity (Wildman–Crippen MR) is 167 cm³/mol. The third-order valence-corrected chi connectivity index (χ3v) is 8.64. The van der Waals surface area contributed by atoms with Crippen LogP contribution in [0.5, 0.6) is 11.5 Å². The van der Waals surface area contributed by atoms with Crippen LogP contribution in [0.15, 0.2) is 77.3 Å². The van der Waals surface area contributed by atoms with Crippen LogP contribution < -0.4 is 15.2 Å². The lowest BCUT2D eigenvalue weighted by atomic mass is 9.68. The summed E-state index contributed by atoms with van der Waals surface area (Å²) >= 11 is 2.23. The van der Waals surface area contributed by atoms with Crippen LogP contribution in [0.3, 0.4) is 0 Å². The molecule has 1 aliphatic heterocycles. The molecule has 0 saturated carbocycles. The fourth-order valence-corrected chi connectivity index (χ4v) is 6.74. The third-order valence-electron chi connectivity index (χ3n) is 7.84. The Labute approximate surface area is 254 Å². The molecule has 0 spiro atoms. The van der Waals surface area contributed by atoms with Crippen molar-refractivity contribution in [3.63, 3.8) is 0 Å². The molecular weight excluding hydrogens is 629 g/mol. The summed E-state index contributed by atoms with van der Waals surface area (Å²) in [6.07, 6.45) is 1.08. The highest BCUT2D eigenvalue weighted by Crippen LogP contribution is 2.50. The summed E-state index contributed by atoms with van der Waals surface area (Å²) in [5, 5.41) is 12.6. The Morgan fingerprint density at radius 3 is 2.61 bits per heavy atom. The summed E-state index contributed by atoms with van der Waals surface area (Å²) in [5.74, 6) is 0.962. The second kappa shape index (κ2) is 11.7. The van der Waals surface area contributed by atoms with E-state index in [1.807, 2.05) is 35.2 Å². The molecule has 3 aromatic carbocycles. The van der Waals surface area contributed by atoms with E-state index in [4.69, 9.17) is 19.9 Å². The van der Waals surface area contributed by atoms with Crippen molar-refractivity contribution < 1.29 is 19.0 Å². The molecule has 0 saturated heterocycles. The molecule has 5 rings (SSSR count). The van der Waals surface area contributed by atoms with Crippen LogP contribution in [0.1, 0.15) is 43.7 Å². The summed E-state index contributed by atoms with van der Waals surface area (Å²) in [6.45, 7) is 5.43. The van der Waals surface area contributed by atoms with E-state index in [0.29, 0.717) is 61.1 Å². The molecule has 2 aliphatic rings. The molecular formula is C33H34IN3O4. The van der Waals surface area contributed by atoms with Crippen LogP contribution in [0.2, 0.25) is 0 Å². The van der Waals surface area contributed by atoms with Gasteiger partial charge in [0.1, 0.15) is 12.4 Å². The Hall–Kier alpha value is -3.55. The van der Waals surface area contributed by atoms with E-state index in [1.165, 1.54) is 0 Å². The van der Waals surface area contributed by atoms with Crippen molar-refractivity contribution in [3.8, 4) is 17.6 Å². The lowest BCUT2D eigenvalue weighted by molar-refractivity contribution is -0.118. The first-order valence-corrected chi connectivity index (χ1v) is 14.7.